The first-order valence-electron chi connectivity index (χ1n) is 6.25. The van der Waals surface area contributed by atoms with Gasteiger partial charge in [-0.25, -0.2) is 8.42 Å². The molecule has 0 saturated carbocycles. The smallest absolute Gasteiger partial charge is 0.399 e. The number of non-ortho nitro benzene ring substituents is 1. The molecule has 11 heteroatoms. The number of rotatable bonds is 4. The van der Waals surface area contributed by atoms with Crippen molar-refractivity contribution >= 4 is 27.1 Å². The highest BCUT2D eigenvalue weighted by Crippen LogP contribution is 2.37. The minimum absolute atomic E-state index is 0.180. The lowest BCUT2D eigenvalue weighted by molar-refractivity contribution is -0.384. The van der Waals surface area contributed by atoms with Gasteiger partial charge in [-0.05, 0) is 30.3 Å². The van der Waals surface area contributed by atoms with Crippen LogP contribution in [0.1, 0.15) is 5.56 Å². The number of nitrogens with two attached hydrogens (primary N) is 1. The maximum absolute atomic E-state index is 13.0. The summed E-state index contributed by atoms with van der Waals surface area (Å²) in [7, 11) is -4.36. The lowest BCUT2D eigenvalue weighted by atomic mass is 10.1. The number of benzene rings is 2. The first-order chi connectivity index (χ1) is 11.0. The molecule has 0 unspecified atom stereocenters. The van der Waals surface area contributed by atoms with Crippen molar-refractivity contribution in [2.24, 2.45) is 0 Å². The van der Waals surface area contributed by atoms with Crippen LogP contribution < -0.4 is 10.5 Å². The fraction of sp³-hybridized carbons (Fsp3) is 0.0769. The number of nitrogen functional groups attached to an aromatic ring is 1. The summed E-state index contributed by atoms with van der Waals surface area (Å²) in [6, 6.07) is 6.32. The standard InChI is InChI=1S/C13H10F3N3O4S/c14-13(15,16)11-7-8(17)1-6-12(11)18-24(22,23)10-4-2-9(3-5-10)19(20)21/h1-7,18H,17H2. The quantitative estimate of drug-likeness (QED) is 0.493. The van der Waals surface area contributed by atoms with Crippen LogP contribution in [0, 0.1) is 10.1 Å². The summed E-state index contributed by atoms with van der Waals surface area (Å²) in [5, 5.41) is 10.5. The predicted octanol–water partition coefficient (Wildman–Crippen LogP) is 3.00. The Morgan fingerprint density at radius 3 is 2.17 bits per heavy atom. The molecule has 0 spiro atoms. The summed E-state index contributed by atoms with van der Waals surface area (Å²) in [5.74, 6) is 0. The van der Waals surface area contributed by atoms with Gasteiger partial charge in [-0.1, -0.05) is 0 Å². The molecule has 0 heterocycles. The van der Waals surface area contributed by atoms with Crippen molar-refractivity contribution in [3.8, 4) is 0 Å². The van der Waals surface area contributed by atoms with Gasteiger partial charge in [0.05, 0.1) is 21.1 Å². The Kier molecular flexibility index (Phi) is 4.38. The zero-order chi connectivity index (χ0) is 18.1. The topological polar surface area (TPSA) is 115 Å². The van der Waals surface area contributed by atoms with Crippen LogP contribution in [0.5, 0.6) is 0 Å². The average molecular weight is 361 g/mol. The van der Waals surface area contributed by atoms with Crippen molar-refractivity contribution in [1.82, 2.24) is 0 Å². The van der Waals surface area contributed by atoms with Gasteiger partial charge in [0.2, 0.25) is 0 Å². The fourth-order valence-electron chi connectivity index (χ4n) is 1.84. The molecule has 0 aromatic heterocycles. The Labute approximate surface area is 134 Å². The molecule has 0 bridgehead atoms. The normalized spacial score (nSPS) is 12.0. The number of alkyl halides is 3. The molecule has 0 amide bonds. The zero-order valence-corrected chi connectivity index (χ0v) is 12.6. The Morgan fingerprint density at radius 2 is 1.67 bits per heavy atom. The van der Waals surface area contributed by atoms with Crippen molar-refractivity contribution < 1.29 is 26.5 Å². The van der Waals surface area contributed by atoms with Crippen LogP contribution in [0.4, 0.5) is 30.2 Å². The predicted molar refractivity (Wildman–Crippen MR) is 79.8 cm³/mol. The third-order valence-electron chi connectivity index (χ3n) is 2.95. The van der Waals surface area contributed by atoms with Crippen molar-refractivity contribution in [3.05, 3.63) is 58.1 Å². The van der Waals surface area contributed by atoms with Crippen LogP contribution >= 0.6 is 0 Å². The van der Waals surface area contributed by atoms with Gasteiger partial charge in [0.1, 0.15) is 0 Å². The van der Waals surface area contributed by atoms with Gasteiger partial charge in [0.15, 0.2) is 0 Å². The van der Waals surface area contributed by atoms with Crippen LogP contribution in [0.25, 0.3) is 0 Å². The highest BCUT2D eigenvalue weighted by atomic mass is 32.2. The number of nitro benzene ring substituents is 1. The van der Waals surface area contributed by atoms with Crippen molar-refractivity contribution in [3.63, 3.8) is 0 Å². The van der Waals surface area contributed by atoms with E-state index in [9.17, 15) is 31.7 Å². The molecule has 2 aromatic rings. The maximum atomic E-state index is 13.0. The van der Waals surface area contributed by atoms with Crippen molar-refractivity contribution in [2.75, 3.05) is 10.5 Å². The second kappa shape index (κ2) is 6.00. The third kappa shape index (κ3) is 3.74. The molecule has 0 aliphatic rings. The largest absolute Gasteiger partial charge is 0.418 e. The minimum Gasteiger partial charge on any atom is -0.399 e. The summed E-state index contributed by atoms with van der Waals surface area (Å²) in [4.78, 5) is 9.39. The number of sulfonamides is 1. The molecule has 7 nitrogen and oxygen atoms in total. The molecule has 0 aliphatic carbocycles. The van der Waals surface area contributed by atoms with Crippen LogP contribution in [0.15, 0.2) is 47.4 Å². The lowest BCUT2D eigenvalue weighted by Crippen LogP contribution is -2.17. The first-order valence-corrected chi connectivity index (χ1v) is 7.73. The van der Waals surface area contributed by atoms with Gasteiger partial charge in [-0.2, -0.15) is 13.2 Å². The van der Waals surface area contributed by atoms with E-state index in [1.54, 1.807) is 0 Å². The highest BCUT2D eigenvalue weighted by Gasteiger charge is 2.35. The number of anilines is 2. The molecule has 0 fully saturated rings. The zero-order valence-electron chi connectivity index (χ0n) is 11.7. The van der Waals surface area contributed by atoms with E-state index in [4.69, 9.17) is 5.73 Å². The van der Waals surface area contributed by atoms with Crippen molar-refractivity contribution in [2.45, 2.75) is 11.1 Å². The molecule has 24 heavy (non-hydrogen) atoms. The summed E-state index contributed by atoms with van der Waals surface area (Å²) >= 11 is 0. The maximum Gasteiger partial charge on any atom is 0.418 e. The summed E-state index contributed by atoms with van der Waals surface area (Å²) in [5.41, 5.74) is 2.83. The van der Waals surface area contributed by atoms with Gasteiger partial charge >= 0.3 is 6.18 Å². The van der Waals surface area contributed by atoms with Crippen LogP contribution in [-0.2, 0) is 16.2 Å². The highest BCUT2D eigenvalue weighted by molar-refractivity contribution is 7.92. The molecular weight excluding hydrogens is 351 g/mol. The monoisotopic (exact) mass is 361 g/mol. The number of nitrogens with one attached hydrogen (secondary N) is 1. The Bertz CT molecular complexity index is 880. The summed E-state index contributed by atoms with van der Waals surface area (Å²) < 4.78 is 65.1. The number of hydrogen-bond acceptors (Lipinski definition) is 5. The molecular formula is C13H10F3N3O4S. The molecule has 0 saturated heterocycles. The summed E-state index contributed by atoms with van der Waals surface area (Å²) in [6.45, 7) is 0. The molecule has 2 aromatic carbocycles. The summed E-state index contributed by atoms with van der Waals surface area (Å²) in [6.07, 6.45) is -4.82. The van der Waals surface area contributed by atoms with E-state index >= 15 is 0 Å². The van der Waals surface area contributed by atoms with E-state index in [-0.39, 0.29) is 11.4 Å². The number of nitro groups is 1. The van der Waals surface area contributed by atoms with E-state index < -0.39 is 37.3 Å². The van der Waals surface area contributed by atoms with E-state index in [0.717, 1.165) is 36.4 Å². The van der Waals surface area contributed by atoms with Gasteiger partial charge in [-0.3, -0.25) is 14.8 Å². The second-order valence-corrected chi connectivity index (χ2v) is 6.34. The van der Waals surface area contributed by atoms with Crippen LogP contribution in [0.3, 0.4) is 0 Å². The molecule has 0 radical (unpaired) electrons. The Hall–Kier alpha value is -2.82. The van der Waals surface area contributed by atoms with E-state index in [0.29, 0.717) is 6.07 Å². The third-order valence-corrected chi connectivity index (χ3v) is 4.33. The molecule has 0 aliphatic heterocycles. The van der Waals surface area contributed by atoms with Gasteiger partial charge < -0.3 is 5.73 Å². The minimum atomic E-state index is -4.82. The average Bonchev–Trinajstić information content (AvgIpc) is 2.48. The molecule has 3 N–H and O–H groups in total. The van der Waals surface area contributed by atoms with Gasteiger partial charge in [0.25, 0.3) is 15.7 Å². The lowest BCUT2D eigenvalue weighted by Gasteiger charge is -2.15. The SMILES string of the molecule is Nc1ccc(NS(=O)(=O)c2ccc([N+](=O)[O-])cc2)c(C(F)(F)F)c1. The van der Waals surface area contributed by atoms with Gasteiger partial charge in [-0.15, -0.1) is 0 Å². The van der Waals surface area contributed by atoms with Gasteiger partial charge in [0, 0.05) is 17.8 Å². The van der Waals surface area contributed by atoms with E-state index in [1.165, 1.54) is 0 Å². The number of halogens is 3. The fourth-order valence-corrected chi connectivity index (χ4v) is 2.92. The van der Waals surface area contributed by atoms with Crippen LogP contribution in [0.2, 0.25) is 0 Å². The molecule has 128 valence electrons. The molecule has 0 atom stereocenters. The number of nitrogens with zero attached hydrogens (tertiary/aromatic N) is 1. The second-order valence-electron chi connectivity index (χ2n) is 4.66. The van der Waals surface area contributed by atoms with E-state index in [1.807, 2.05) is 4.72 Å². The first kappa shape index (κ1) is 17.5. The number of hydrogen-bond donors (Lipinski definition) is 2. The Morgan fingerprint density at radius 1 is 1.08 bits per heavy atom. The Balaban J connectivity index is 2.41. The van der Waals surface area contributed by atoms with E-state index in [2.05, 4.69) is 0 Å². The molecule has 2 rings (SSSR count). The van der Waals surface area contributed by atoms with Crippen molar-refractivity contribution in [1.29, 1.82) is 0 Å². The van der Waals surface area contributed by atoms with Crippen LogP contribution in [-0.4, -0.2) is 13.3 Å².